The molecule has 1 rings (SSSR count). The molecular weight excluding hydrogens is 309 g/mol. The van der Waals surface area contributed by atoms with E-state index < -0.39 is 43.2 Å². The first-order valence-electron chi connectivity index (χ1n) is 5.74. The number of benzene rings is 1. The summed E-state index contributed by atoms with van der Waals surface area (Å²) in [5.41, 5.74) is 0. The lowest BCUT2D eigenvalue weighted by Crippen LogP contribution is -2.37. The first kappa shape index (κ1) is 17.0. The van der Waals surface area contributed by atoms with Gasteiger partial charge in [0.1, 0.15) is 10.7 Å². The predicted octanol–water partition coefficient (Wildman–Crippen LogP) is 0.278. The number of sulfonamides is 1. The van der Waals surface area contributed by atoms with Gasteiger partial charge in [0.15, 0.2) is 9.84 Å². The molecule has 0 aliphatic heterocycles. The second-order valence-electron chi connectivity index (χ2n) is 4.27. The fraction of sp³-hybridized carbons (Fsp3) is 0.455. The molecule has 0 spiro atoms. The van der Waals surface area contributed by atoms with Crippen molar-refractivity contribution in [2.24, 2.45) is 0 Å². The Balaban J connectivity index is 3.31. The van der Waals surface area contributed by atoms with E-state index in [2.05, 4.69) is 4.72 Å². The summed E-state index contributed by atoms with van der Waals surface area (Å²) in [6.07, 6.45) is 1.20. The average molecular weight is 325 g/mol. The molecule has 1 aromatic carbocycles. The van der Waals surface area contributed by atoms with Gasteiger partial charge < -0.3 is 5.11 Å². The lowest BCUT2D eigenvalue weighted by Gasteiger charge is -2.15. The molecule has 0 aliphatic rings. The van der Waals surface area contributed by atoms with E-state index in [0.29, 0.717) is 6.42 Å². The van der Waals surface area contributed by atoms with E-state index in [4.69, 9.17) is 5.11 Å². The normalized spacial score (nSPS) is 14.2. The van der Waals surface area contributed by atoms with Gasteiger partial charge in [-0.15, -0.1) is 0 Å². The Hall–Kier alpha value is -1.03. The summed E-state index contributed by atoms with van der Waals surface area (Å²) in [4.78, 5) is -1.05. The highest BCUT2D eigenvalue weighted by molar-refractivity contribution is 7.91. The van der Waals surface area contributed by atoms with Gasteiger partial charge in [0, 0.05) is 12.3 Å². The van der Waals surface area contributed by atoms with Crippen LogP contribution in [0.1, 0.15) is 13.3 Å². The Morgan fingerprint density at radius 1 is 1.30 bits per heavy atom. The fourth-order valence-corrected chi connectivity index (χ4v) is 3.59. The third kappa shape index (κ3) is 3.98. The number of halogens is 1. The number of sulfone groups is 1. The van der Waals surface area contributed by atoms with E-state index >= 15 is 0 Å². The summed E-state index contributed by atoms with van der Waals surface area (Å²) in [5, 5.41) is 8.97. The molecule has 1 atom stereocenters. The molecule has 0 aliphatic carbocycles. The Labute approximate surface area is 117 Å². The molecule has 0 radical (unpaired) electrons. The molecular formula is C11H16FNO5S2. The molecule has 0 saturated heterocycles. The topological polar surface area (TPSA) is 101 Å². The van der Waals surface area contributed by atoms with Gasteiger partial charge in [0.05, 0.1) is 11.5 Å². The Bertz CT molecular complexity index is 681. The first-order valence-corrected chi connectivity index (χ1v) is 9.12. The van der Waals surface area contributed by atoms with Crippen molar-refractivity contribution in [2.45, 2.75) is 29.2 Å². The SMILES string of the molecule is CC[C@H](CO)NS(=O)(=O)c1cc(S(C)(=O)=O)ccc1F. The van der Waals surface area contributed by atoms with Crippen LogP contribution in [0, 0.1) is 5.82 Å². The van der Waals surface area contributed by atoms with Gasteiger partial charge >= 0.3 is 0 Å². The third-order valence-electron chi connectivity index (χ3n) is 2.66. The second kappa shape index (κ2) is 6.17. The van der Waals surface area contributed by atoms with Crippen LogP contribution in [0.2, 0.25) is 0 Å². The van der Waals surface area contributed by atoms with Crippen LogP contribution < -0.4 is 4.72 Å². The fourth-order valence-electron chi connectivity index (χ4n) is 1.45. The van der Waals surface area contributed by atoms with Crippen molar-refractivity contribution >= 4 is 19.9 Å². The van der Waals surface area contributed by atoms with Gasteiger partial charge in [-0.1, -0.05) is 6.92 Å². The van der Waals surface area contributed by atoms with Crippen LogP contribution in [0.25, 0.3) is 0 Å². The van der Waals surface area contributed by atoms with Crippen molar-refractivity contribution < 1.29 is 26.3 Å². The standard InChI is InChI=1S/C11H16FNO5S2/c1-3-8(7-14)13-20(17,18)11-6-9(19(2,15)16)4-5-10(11)12/h4-6,8,13-14H,3,7H2,1-2H3/t8-/m1/s1. The minimum absolute atomic E-state index is 0.295. The number of hydrogen-bond donors (Lipinski definition) is 2. The van der Waals surface area contributed by atoms with Crippen molar-refractivity contribution in [3.05, 3.63) is 24.0 Å². The summed E-state index contributed by atoms with van der Waals surface area (Å²) in [7, 11) is -7.90. The monoisotopic (exact) mass is 325 g/mol. The van der Waals surface area contributed by atoms with Crippen LogP contribution in [0.15, 0.2) is 28.0 Å². The minimum Gasteiger partial charge on any atom is -0.395 e. The van der Waals surface area contributed by atoms with Crippen LogP contribution in [0.5, 0.6) is 0 Å². The highest BCUT2D eigenvalue weighted by Crippen LogP contribution is 2.20. The average Bonchev–Trinajstić information content (AvgIpc) is 2.34. The van der Waals surface area contributed by atoms with E-state index in [-0.39, 0.29) is 4.90 Å². The smallest absolute Gasteiger partial charge is 0.243 e. The number of aliphatic hydroxyl groups excluding tert-OH is 1. The molecule has 0 saturated carbocycles. The van der Waals surface area contributed by atoms with Crippen molar-refractivity contribution in [2.75, 3.05) is 12.9 Å². The van der Waals surface area contributed by atoms with Crippen LogP contribution in [-0.4, -0.2) is 40.8 Å². The maximum Gasteiger partial charge on any atom is 0.243 e. The molecule has 6 nitrogen and oxygen atoms in total. The van der Waals surface area contributed by atoms with Crippen molar-refractivity contribution in [1.82, 2.24) is 4.72 Å². The van der Waals surface area contributed by atoms with Crippen molar-refractivity contribution in [3.8, 4) is 0 Å². The first-order chi connectivity index (χ1) is 9.11. The molecule has 1 aromatic rings. The zero-order chi connectivity index (χ0) is 15.6. The highest BCUT2D eigenvalue weighted by atomic mass is 32.2. The Morgan fingerprint density at radius 3 is 2.35 bits per heavy atom. The van der Waals surface area contributed by atoms with Crippen LogP contribution in [0.3, 0.4) is 0 Å². The number of hydrogen-bond acceptors (Lipinski definition) is 5. The van der Waals surface area contributed by atoms with E-state index in [0.717, 1.165) is 24.5 Å². The molecule has 0 fully saturated rings. The molecule has 20 heavy (non-hydrogen) atoms. The lowest BCUT2D eigenvalue weighted by atomic mass is 10.3. The van der Waals surface area contributed by atoms with E-state index in [1.807, 2.05) is 0 Å². The highest BCUT2D eigenvalue weighted by Gasteiger charge is 2.24. The van der Waals surface area contributed by atoms with Gasteiger partial charge in [-0.2, -0.15) is 0 Å². The molecule has 2 N–H and O–H groups in total. The molecule has 0 aromatic heterocycles. The predicted molar refractivity (Wildman–Crippen MR) is 71.0 cm³/mol. The molecule has 0 heterocycles. The summed E-state index contributed by atoms with van der Waals surface area (Å²) in [6, 6.07) is 1.77. The quantitative estimate of drug-likeness (QED) is 0.732. The number of nitrogens with one attached hydrogen (secondary N) is 1. The van der Waals surface area contributed by atoms with Crippen LogP contribution >= 0.6 is 0 Å². The molecule has 0 amide bonds. The number of aliphatic hydroxyl groups is 1. The zero-order valence-electron chi connectivity index (χ0n) is 11.0. The minimum atomic E-state index is -4.25. The summed E-state index contributed by atoms with van der Waals surface area (Å²) in [5.74, 6) is -1.06. The second-order valence-corrected chi connectivity index (χ2v) is 7.97. The maximum absolute atomic E-state index is 13.6. The summed E-state index contributed by atoms with van der Waals surface area (Å²) >= 11 is 0. The van der Waals surface area contributed by atoms with Gasteiger partial charge in [0.2, 0.25) is 10.0 Å². The largest absolute Gasteiger partial charge is 0.395 e. The molecule has 0 bridgehead atoms. The van der Waals surface area contributed by atoms with Gasteiger partial charge in [-0.25, -0.2) is 25.9 Å². The number of rotatable bonds is 6. The van der Waals surface area contributed by atoms with E-state index in [1.165, 1.54) is 0 Å². The third-order valence-corrected chi connectivity index (χ3v) is 5.30. The van der Waals surface area contributed by atoms with Crippen LogP contribution in [0.4, 0.5) is 4.39 Å². The van der Waals surface area contributed by atoms with Gasteiger partial charge in [-0.3, -0.25) is 0 Å². The van der Waals surface area contributed by atoms with Crippen molar-refractivity contribution in [1.29, 1.82) is 0 Å². The summed E-state index contributed by atoms with van der Waals surface area (Å²) < 4.78 is 62.5. The van der Waals surface area contributed by atoms with Gasteiger partial charge in [-0.05, 0) is 24.6 Å². The molecule has 0 unspecified atom stereocenters. The van der Waals surface area contributed by atoms with E-state index in [1.54, 1.807) is 6.92 Å². The molecule has 9 heteroatoms. The lowest BCUT2D eigenvalue weighted by molar-refractivity contribution is 0.253. The summed E-state index contributed by atoms with van der Waals surface area (Å²) in [6.45, 7) is 1.20. The zero-order valence-corrected chi connectivity index (χ0v) is 12.6. The maximum atomic E-state index is 13.6. The van der Waals surface area contributed by atoms with Crippen LogP contribution in [-0.2, 0) is 19.9 Å². The van der Waals surface area contributed by atoms with Crippen molar-refractivity contribution in [3.63, 3.8) is 0 Å². The Morgan fingerprint density at radius 2 is 1.90 bits per heavy atom. The Kier molecular flexibility index (Phi) is 5.25. The van der Waals surface area contributed by atoms with E-state index in [9.17, 15) is 21.2 Å². The van der Waals surface area contributed by atoms with Gasteiger partial charge in [0.25, 0.3) is 0 Å². The molecule has 114 valence electrons.